The summed E-state index contributed by atoms with van der Waals surface area (Å²) >= 11 is 0. The maximum absolute atomic E-state index is 8.88. The Labute approximate surface area is 158 Å². The Balaban J connectivity index is -0.000000520. The first-order valence-corrected chi connectivity index (χ1v) is 9.49. The van der Waals surface area contributed by atoms with Crippen molar-refractivity contribution in [2.45, 2.75) is 77.6 Å². The summed E-state index contributed by atoms with van der Waals surface area (Å²) in [7, 11) is -4.64. The molecule has 3 N–H and O–H groups in total. The van der Waals surface area contributed by atoms with Gasteiger partial charge in [-0.05, 0) is 6.42 Å². The van der Waals surface area contributed by atoms with Gasteiger partial charge in [-0.25, -0.2) is 4.57 Å². The summed E-state index contributed by atoms with van der Waals surface area (Å²) in [6.45, 7) is 6.65. The van der Waals surface area contributed by atoms with E-state index in [0.717, 1.165) is 6.61 Å². The molecule has 0 amide bonds. The average Bonchev–Trinajstić information content (AvgIpc) is 2.38. The van der Waals surface area contributed by atoms with E-state index in [4.69, 9.17) is 24.0 Å². The summed E-state index contributed by atoms with van der Waals surface area (Å²) < 4.78 is 14.0. The number of hydrogen-bond donors (Lipinski definition) is 3. The molecule has 0 atom stereocenters. The van der Waals surface area contributed by atoms with Crippen molar-refractivity contribution in [2.24, 2.45) is 0 Å². The van der Waals surface area contributed by atoms with Gasteiger partial charge in [0.05, 0.1) is 12.9 Å². The van der Waals surface area contributed by atoms with Crippen LogP contribution in [0.4, 0.5) is 0 Å². The fourth-order valence-electron chi connectivity index (χ4n) is 1.93. The molecule has 0 heterocycles. The molecule has 5 nitrogen and oxygen atoms in total. The molecule has 0 aliphatic heterocycles. The summed E-state index contributed by atoms with van der Waals surface area (Å²) in [5.74, 6) is 0. The normalized spacial score (nSPS) is 10.2. The monoisotopic (exact) mass is 348 g/mol. The van der Waals surface area contributed by atoms with Gasteiger partial charge in [0.2, 0.25) is 0 Å². The molecule has 0 aromatic heterocycles. The molecule has 7 heteroatoms. The zero-order chi connectivity index (χ0) is 16.4. The first-order chi connectivity index (χ1) is 9.91. The maximum atomic E-state index is 8.88. The van der Waals surface area contributed by atoms with Gasteiger partial charge >= 0.3 is 37.4 Å². The fourth-order valence-corrected chi connectivity index (χ4v) is 1.93. The Kier molecular flexibility index (Phi) is 27.1. The van der Waals surface area contributed by atoms with Crippen LogP contribution >= 0.6 is 7.82 Å². The molecular weight excluding hydrogens is 314 g/mol. The van der Waals surface area contributed by atoms with Gasteiger partial charge in [0.25, 0.3) is 0 Å². The van der Waals surface area contributed by atoms with E-state index in [2.05, 4.69) is 13.5 Å². The third-order valence-electron chi connectivity index (χ3n) is 2.98. The summed E-state index contributed by atoms with van der Waals surface area (Å²) in [4.78, 5) is 21.6. The van der Waals surface area contributed by atoms with E-state index in [0.29, 0.717) is 0 Å². The molecule has 0 radical (unpaired) electrons. The molecule has 130 valence electrons. The molecule has 0 rings (SSSR count). The first-order valence-electron chi connectivity index (χ1n) is 7.92. The third kappa shape index (κ3) is 42.8. The van der Waals surface area contributed by atoms with Gasteiger partial charge in [0, 0.05) is 0 Å². The van der Waals surface area contributed by atoms with Gasteiger partial charge in [-0.2, -0.15) is 0 Å². The molecular formula is C15H34NaO5P. The Morgan fingerprint density at radius 3 is 1.50 bits per heavy atom. The zero-order valence-corrected chi connectivity index (χ0v) is 14.3. The predicted octanol–water partition coefficient (Wildman–Crippen LogP) is 3.88. The van der Waals surface area contributed by atoms with Gasteiger partial charge in [-0.3, -0.25) is 0 Å². The second-order valence-electron chi connectivity index (χ2n) is 5.09. The van der Waals surface area contributed by atoms with E-state index in [1.165, 1.54) is 76.9 Å². The van der Waals surface area contributed by atoms with Crippen LogP contribution in [-0.4, -0.2) is 50.8 Å². The Morgan fingerprint density at radius 1 is 0.864 bits per heavy atom. The molecule has 0 aromatic rings. The van der Waals surface area contributed by atoms with E-state index in [9.17, 15) is 0 Å². The average molecular weight is 348 g/mol. The van der Waals surface area contributed by atoms with Gasteiger partial charge in [0.1, 0.15) is 0 Å². The van der Waals surface area contributed by atoms with Crippen molar-refractivity contribution >= 4 is 37.4 Å². The Bertz CT molecular complexity index is 250. The van der Waals surface area contributed by atoms with Crippen LogP contribution in [0.2, 0.25) is 0 Å². The molecule has 0 aromatic carbocycles. The van der Waals surface area contributed by atoms with Crippen molar-refractivity contribution in [3.05, 3.63) is 12.8 Å². The Morgan fingerprint density at radius 2 is 1.18 bits per heavy atom. The number of hydrogen-bond acceptors (Lipinski definition) is 2. The van der Waals surface area contributed by atoms with E-state index in [-0.39, 0.29) is 29.6 Å². The van der Waals surface area contributed by atoms with Crippen LogP contribution in [0, 0.1) is 0 Å². The summed E-state index contributed by atoms with van der Waals surface area (Å²) in [6, 6.07) is 0. The SMILES string of the molecule is C=COCCCCCCCCCCCCC.O=P(O)(O)O.[NaH]. The molecule has 0 unspecified atom stereocenters. The fraction of sp³-hybridized carbons (Fsp3) is 0.867. The quantitative estimate of drug-likeness (QED) is 0.203. The summed E-state index contributed by atoms with van der Waals surface area (Å²) in [5.41, 5.74) is 0. The van der Waals surface area contributed by atoms with Gasteiger partial charge in [0.15, 0.2) is 0 Å². The Hall–Kier alpha value is 0.650. The first kappa shape index (κ1) is 27.5. The van der Waals surface area contributed by atoms with Crippen molar-refractivity contribution < 1.29 is 24.0 Å². The zero-order valence-electron chi connectivity index (χ0n) is 13.4. The van der Waals surface area contributed by atoms with Crippen LogP contribution in [0.5, 0.6) is 0 Å². The second-order valence-corrected chi connectivity index (χ2v) is 6.11. The number of ether oxygens (including phenoxy) is 1. The number of phosphoric acid groups is 1. The van der Waals surface area contributed by atoms with E-state index in [1.807, 2.05) is 0 Å². The number of unbranched alkanes of at least 4 members (excludes halogenated alkanes) is 10. The predicted molar refractivity (Wildman–Crippen MR) is 94.0 cm³/mol. The minimum absolute atomic E-state index is 0. The van der Waals surface area contributed by atoms with Crippen LogP contribution in [0.3, 0.4) is 0 Å². The number of rotatable bonds is 13. The van der Waals surface area contributed by atoms with Crippen LogP contribution in [0.15, 0.2) is 12.8 Å². The molecule has 0 bridgehead atoms. The van der Waals surface area contributed by atoms with Crippen molar-refractivity contribution in [1.82, 2.24) is 0 Å². The van der Waals surface area contributed by atoms with Crippen LogP contribution < -0.4 is 0 Å². The molecule has 0 aliphatic rings. The van der Waals surface area contributed by atoms with Crippen molar-refractivity contribution in [1.29, 1.82) is 0 Å². The van der Waals surface area contributed by atoms with Crippen molar-refractivity contribution in [3.63, 3.8) is 0 Å². The molecule has 0 spiro atoms. The van der Waals surface area contributed by atoms with Gasteiger partial charge in [-0.1, -0.05) is 77.7 Å². The van der Waals surface area contributed by atoms with E-state index >= 15 is 0 Å². The van der Waals surface area contributed by atoms with E-state index in [1.54, 1.807) is 0 Å². The van der Waals surface area contributed by atoms with Gasteiger partial charge in [-0.15, -0.1) is 0 Å². The molecule has 0 saturated carbocycles. The molecule has 0 fully saturated rings. The van der Waals surface area contributed by atoms with Gasteiger partial charge < -0.3 is 19.4 Å². The second kappa shape index (κ2) is 21.6. The van der Waals surface area contributed by atoms with Crippen LogP contribution in [0.1, 0.15) is 77.6 Å². The summed E-state index contributed by atoms with van der Waals surface area (Å²) in [6.07, 6.45) is 16.8. The molecule has 22 heavy (non-hydrogen) atoms. The molecule has 0 aliphatic carbocycles. The third-order valence-corrected chi connectivity index (χ3v) is 2.98. The standard InChI is InChI=1S/C15H30O.Na.H3O4P.H/c1-3-5-6-7-8-9-10-11-12-13-14-15-16-4-2;;1-5(2,3)4;/h4H,2-3,5-15H2,1H3;;(H3,1,2,3,4);. The van der Waals surface area contributed by atoms with Crippen molar-refractivity contribution in [2.75, 3.05) is 6.61 Å². The topological polar surface area (TPSA) is 87.0 Å². The van der Waals surface area contributed by atoms with Crippen LogP contribution in [0.25, 0.3) is 0 Å². The molecule has 0 saturated heterocycles. The summed E-state index contributed by atoms with van der Waals surface area (Å²) in [5, 5.41) is 0. The van der Waals surface area contributed by atoms with Crippen molar-refractivity contribution in [3.8, 4) is 0 Å². The van der Waals surface area contributed by atoms with Crippen LogP contribution in [-0.2, 0) is 9.30 Å². The minimum atomic E-state index is -4.64. The van der Waals surface area contributed by atoms with E-state index < -0.39 is 7.82 Å².